The number of rotatable bonds is 3. The molecule has 0 aliphatic heterocycles. The quantitative estimate of drug-likeness (QED) is 0.744. The van der Waals surface area contributed by atoms with Gasteiger partial charge >= 0.3 is 0 Å². The van der Waals surface area contributed by atoms with Crippen LogP contribution in [-0.2, 0) is 9.84 Å². The van der Waals surface area contributed by atoms with Crippen molar-refractivity contribution in [1.82, 2.24) is 4.57 Å². The van der Waals surface area contributed by atoms with Crippen LogP contribution in [-0.4, -0.2) is 19.2 Å². The molecule has 0 spiro atoms. The Morgan fingerprint density at radius 3 is 2.26 bits per heavy atom. The fourth-order valence-corrected chi connectivity index (χ4v) is 3.01. The van der Waals surface area contributed by atoms with E-state index in [0.717, 1.165) is 17.4 Å². The van der Waals surface area contributed by atoms with Crippen molar-refractivity contribution in [1.29, 1.82) is 0 Å². The van der Waals surface area contributed by atoms with Crippen molar-refractivity contribution in [3.05, 3.63) is 83.3 Å². The SMILES string of the molecule is CS(=O)(=O)c1cccc(-n2cc(-c3ccccc3)ccc2=O)c1. The van der Waals surface area contributed by atoms with Crippen LogP contribution in [0.4, 0.5) is 0 Å². The molecule has 0 amide bonds. The van der Waals surface area contributed by atoms with E-state index in [4.69, 9.17) is 0 Å². The molecule has 0 aliphatic rings. The number of nitrogens with zero attached hydrogens (tertiary/aromatic N) is 1. The van der Waals surface area contributed by atoms with E-state index in [-0.39, 0.29) is 10.5 Å². The lowest BCUT2D eigenvalue weighted by Crippen LogP contribution is -2.16. The summed E-state index contributed by atoms with van der Waals surface area (Å²) in [4.78, 5) is 12.4. The van der Waals surface area contributed by atoms with E-state index in [1.165, 1.54) is 22.8 Å². The van der Waals surface area contributed by atoms with Crippen LogP contribution >= 0.6 is 0 Å². The van der Waals surface area contributed by atoms with E-state index in [1.807, 2.05) is 30.3 Å². The first-order valence-electron chi connectivity index (χ1n) is 7.04. The first kappa shape index (κ1) is 15.2. The average Bonchev–Trinajstić information content (AvgIpc) is 2.55. The molecule has 5 heteroatoms. The lowest BCUT2D eigenvalue weighted by atomic mass is 10.1. The highest BCUT2D eigenvalue weighted by Crippen LogP contribution is 2.19. The fraction of sp³-hybridized carbons (Fsp3) is 0.0556. The topological polar surface area (TPSA) is 56.1 Å². The normalized spacial score (nSPS) is 11.3. The smallest absolute Gasteiger partial charge is 0.255 e. The minimum absolute atomic E-state index is 0.187. The summed E-state index contributed by atoms with van der Waals surface area (Å²) in [6.07, 6.45) is 2.87. The van der Waals surface area contributed by atoms with Crippen molar-refractivity contribution in [3.8, 4) is 16.8 Å². The monoisotopic (exact) mass is 325 g/mol. The first-order valence-corrected chi connectivity index (χ1v) is 8.93. The van der Waals surface area contributed by atoms with E-state index >= 15 is 0 Å². The van der Waals surface area contributed by atoms with Crippen LogP contribution in [0.3, 0.4) is 0 Å². The molecule has 3 rings (SSSR count). The second kappa shape index (κ2) is 5.85. The van der Waals surface area contributed by atoms with Crippen molar-refractivity contribution in [3.63, 3.8) is 0 Å². The standard InChI is InChI=1S/C18H15NO3S/c1-23(21,22)17-9-5-8-16(12-17)19-13-15(10-11-18(19)20)14-6-3-2-4-7-14/h2-13H,1H3. The lowest BCUT2D eigenvalue weighted by molar-refractivity contribution is 0.602. The Kier molecular flexibility index (Phi) is 3.88. The van der Waals surface area contributed by atoms with Gasteiger partial charge in [-0.1, -0.05) is 36.4 Å². The predicted molar refractivity (Wildman–Crippen MR) is 90.6 cm³/mol. The number of pyridine rings is 1. The van der Waals surface area contributed by atoms with Crippen LogP contribution in [0.5, 0.6) is 0 Å². The first-order chi connectivity index (χ1) is 10.9. The molecule has 116 valence electrons. The highest BCUT2D eigenvalue weighted by molar-refractivity contribution is 7.90. The average molecular weight is 325 g/mol. The van der Waals surface area contributed by atoms with E-state index in [2.05, 4.69) is 0 Å². The predicted octanol–water partition coefficient (Wildman–Crippen LogP) is 2.91. The molecule has 1 aromatic heterocycles. The third-order valence-electron chi connectivity index (χ3n) is 3.54. The maximum absolute atomic E-state index is 12.2. The van der Waals surface area contributed by atoms with Gasteiger partial charge in [0, 0.05) is 24.2 Å². The highest BCUT2D eigenvalue weighted by atomic mass is 32.2. The third kappa shape index (κ3) is 3.24. The maximum atomic E-state index is 12.2. The molecule has 2 aromatic carbocycles. The second-order valence-electron chi connectivity index (χ2n) is 5.26. The zero-order valence-electron chi connectivity index (χ0n) is 12.5. The Hall–Kier alpha value is -2.66. The van der Waals surface area contributed by atoms with Gasteiger partial charge in [-0.25, -0.2) is 8.42 Å². The van der Waals surface area contributed by atoms with Crippen molar-refractivity contribution in [2.24, 2.45) is 0 Å². The van der Waals surface area contributed by atoms with E-state index in [1.54, 1.807) is 24.4 Å². The summed E-state index contributed by atoms with van der Waals surface area (Å²) in [6.45, 7) is 0. The van der Waals surface area contributed by atoms with Gasteiger partial charge in [-0.2, -0.15) is 0 Å². The number of aromatic nitrogens is 1. The summed E-state index contributed by atoms with van der Waals surface area (Å²) < 4.78 is 24.9. The molecule has 4 nitrogen and oxygen atoms in total. The minimum Gasteiger partial charge on any atom is -0.284 e. The summed E-state index contributed by atoms with van der Waals surface area (Å²) in [6, 6.07) is 19.3. The van der Waals surface area contributed by atoms with Gasteiger partial charge in [-0.15, -0.1) is 0 Å². The Bertz CT molecular complexity index is 1010. The van der Waals surface area contributed by atoms with Gasteiger partial charge < -0.3 is 0 Å². The third-order valence-corrected chi connectivity index (χ3v) is 4.65. The molecule has 0 N–H and O–H groups in total. The number of benzene rings is 2. The van der Waals surface area contributed by atoms with Crippen LogP contribution < -0.4 is 5.56 Å². The Labute approximate surface area is 134 Å². The van der Waals surface area contributed by atoms with Gasteiger partial charge in [0.15, 0.2) is 9.84 Å². The number of hydrogen-bond donors (Lipinski definition) is 0. The molecule has 3 aromatic rings. The van der Waals surface area contributed by atoms with E-state index in [9.17, 15) is 13.2 Å². The van der Waals surface area contributed by atoms with Crippen LogP contribution in [0.2, 0.25) is 0 Å². The largest absolute Gasteiger partial charge is 0.284 e. The van der Waals surface area contributed by atoms with Crippen molar-refractivity contribution < 1.29 is 8.42 Å². The Balaban J connectivity index is 2.16. The molecule has 0 unspecified atom stereocenters. The minimum atomic E-state index is -3.32. The molecule has 0 aliphatic carbocycles. The highest BCUT2D eigenvalue weighted by Gasteiger charge is 2.09. The molecule has 23 heavy (non-hydrogen) atoms. The van der Waals surface area contributed by atoms with Crippen molar-refractivity contribution >= 4 is 9.84 Å². The van der Waals surface area contributed by atoms with Gasteiger partial charge in [0.25, 0.3) is 5.56 Å². The van der Waals surface area contributed by atoms with Gasteiger partial charge in [0.2, 0.25) is 0 Å². The Morgan fingerprint density at radius 1 is 0.826 bits per heavy atom. The molecule has 1 heterocycles. The van der Waals surface area contributed by atoms with Crippen molar-refractivity contribution in [2.45, 2.75) is 4.90 Å². The lowest BCUT2D eigenvalue weighted by Gasteiger charge is -2.10. The van der Waals surface area contributed by atoms with Crippen molar-refractivity contribution in [2.75, 3.05) is 6.26 Å². The zero-order valence-corrected chi connectivity index (χ0v) is 13.3. The van der Waals surface area contributed by atoms with Crippen LogP contribution in [0.1, 0.15) is 0 Å². The summed E-state index contributed by atoms with van der Waals surface area (Å²) in [5, 5.41) is 0. The van der Waals surface area contributed by atoms with Crippen LogP contribution in [0.25, 0.3) is 16.8 Å². The molecular formula is C18H15NO3S. The zero-order chi connectivity index (χ0) is 16.4. The Morgan fingerprint density at radius 2 is 1.57 bits per heavy atom. The van der Waals surface area contributed by atoms with Gasteiger partial charge in [-0.3, -0.25) is 9.36 Å². The van der Waals surface area contributed by atoms with Gasteiger partial charge in [0.1, 0.15) is 0 Å². The maximum Gasteiger partial charge on any atom is 0.255 e. The van der Waals surface area contributed by atoms with Crippen LogP contribution in [0.15, 0.2) is 82.6 Å². The van der Waals surface area contributed by atoms with E-state index in [0.29, 0.717) is 5.69 Å². The molecule has 0 saturated carbocycles. The summed E-state index contributed by atoms with van der Waals surface area (Å²) in [7, 11) is -3.32. The molecule has 0 saturated heterocycles. The molecule has 0 atom stereocenters. The molecule has 0 radical (unpaired) electrons. The summed E-state index contributed by atoms with van der Waals surface area (Å²) in [5.74, 6) is 0. The second-order valence-corrected chi connectivity index (χ2v) is 7.28. The molecule has 0 fully saturated rings. The fourth-order valence-electron chi connectivity index (χ4n) is 2.35. The van der Waals surface area contributed by atoms with Gasteiger partial charge in [-0.05, 0) is 35.4 Å². The number of hydrogen-bond acceptors (Lipinski definition) is 3. The number of sulfone groups is 1. The summed E-state index contributed by atoms with van der Waals surface area (Å²) >= 11 is 0. The summed E-state index contributed by atoms with van der Waals surface area (Å²) in [5.41, 5.74) is 2.18. The van der Waals surface area contributed by atoms with Gasteiger partial charge in [0.05, 0.1) is 4.90 Å². The molecular weight excluding hydrogens is 310 g/mol. The van der Waals surface area contributed by atoms with Crippen LogP contribution in [0, 0.1) is 0 Å². The molecule has 0 bridgehead atoms. The van der Waals surface area contributed by atoms with E-state index < -0.39 is 9.84 Å².